The van der Waals surface area contributed by atoms with Crippen molar-refractivity contribution in [2.45, 2.75) is 37.3 Å². The van der Waals surface area contributed by atoms with E-state index >= 15 is 0 Å². The van der Waals surface area contributed by atoms with Crippen molar-refractivity contribution in [3.05, 3.63) is 101 Å². The topological polar surface area (TPSA) is 46.6 Å². The zero-order valence-electron chi connectivity index (χ0n) is 16.9. The second kappa shape index (κ2) is 7.03. The highest BCUT2D eigenvalue weighted by atomic mass is 32.2. The number of hydrogen-bond acceptors (Lipinski definition) is 3. The molecule has 2 aliphatic heterocycles. The van der Waals surface area contributed by atoms with E-state index in [0.29, 0.717) is 12.1 Å². The lowest BCUT2D eigenvalue weighted by atomic mass is 9.81. The fourth-order valence-electron chi connectivity index (χ4n) is 4.49. The number of allylic oxidation sites excluding steroid dienone is 1. The summed E-state index contributed by atoms with van der Waals surface area (Å²) < 4.78 is 35.5. The fourth-order valence-corrected chi connectivity index (χ4v) is 6.12. The number of fused-ring (bicyclic) bond motifs is 4. The molecule has 0 amide bonds. The number of nitrogens with zero attached hydrogens (tertiary/aromatic N) is 1. The first-order chi connectivity index (χ1) is 14.5. The molecule has 0 aromatic heterocycles. The Morgan fingerprint density at radius 1 is 0.867 bits per heavy atom. The largest absolute Gasteiger partial charge is 0.469 e. The number of aryl methyl sites for hydroxylation is 1. The second-order valence-corrected chi connectivity index (χ2v) is 9.73. The Bertz CT molecular complexity index is 1230. The van der Waals surface area contributed by atoms with Crippen LogP contribution in [0.3, 0.4) is 0 Å². The van der Waals surface area contributed by atoms with Crippen LogP contribution in [0.25, 0.3) is 5.70 Å². The molecule has 0 saturated carbocycles. The van der Waals surface area contributed by atoms with Gasteiger partial charge < -0.3 is 4.74 Å². The summed E-state index contributed by atoms with van der Waals surface area (Å²) in [4.78, 5) is 0.273. The van der Waals surface area contributed by atoms with Crippen molar-refractivity contribution in [1.82, 2.24) is 4.31 Å². The zero-order valence-corrected chi connectivity index (χ0v) is 17.8. The van der Waals surface area contributed by atoms with Crippen LogP contribution in [0.5, 0.6) is 5.75 Å². The van der Waals surface area contributed by atoms with Gasteiger partial charge in [0.1, 0.15) is 5.75 Å². The molecule has 0 radical (unpaired) electrons. The van der Waals surface area contributed by atoms with Crippen LogP contribution in [-0.4, -0.2) is 19.0 Å². The molecule has 3 aromatic rings. The molecule has 5 heteroatoms. The van der Waals surface area contributed by atoms with Gasteiger partial charge in [-0.3, -0.25) is 0 Å². The van der Waals surface area contributed by atoms with E-state index in [-0.39, 0.29) is 10.8 Å². The quantitative estimate of drug-likeness (QED) is 0.579. The van der Waals surface area contributed by atoms with E-state index in [1.165, 1.54) is 4.31 Å². The maximum Gasteiger partial charge on any atom is 0.267 e. The van der Waals surface area contributed by atoms with Crippen LogP contribution in [0.1, 0.15) is 36.0 Å². The summed E-state index contributed by atoms with van der Waals surface area (Å²) in [6.07, 6.45) is 0.0136. The van der Waals surface area contributed by atoms with E-state index in [0.717, 1.165) is 28.0 Å². The maximum absolute atomic E-state index is 13.9. The monoisotopic (exact) mass is 417 g/mol. The molecule has 0 spiro atoms. The minimum atomic E-state index is -3.81. The van der Waals surface area contributed by atoms with E-state index in [2.05, 4.69) is 6.07 Å². The van der Waals surface area contributed by atoms with Crippen LogP contribution in [0.4, 0.5) is 0 Å². The van der Waals surface area contributed by atoms with Gasteiger partial charge in [-0.2, -0.15) is 0 Å². The normalized spacial score (nSPS) is 20.5. The third kappa shape index (κ3) is 2.92. The molecule has 0 fully saturated rings. The van der Waals surface area contributed by atoms with Crippen molar-refractivity contribution in [3.63, 3.8) is 0 Å². The summed E-state index contributed by atoms with van der Waals surface area (Å²) in [6, 6.07) is 24.7. The Morgan fingerprint density at radius 2 is 1.53 bits per heavy atom. The lowest BCUT2D eigenvalue weighted by Crippen LogP contribution is -2.48. The summed E-state index contributed by atoms with van der Waals surface area (Å²) in [5.41, 5.74) is 4.77. The molecule has 0 unspecified atom stereocenters. The molecule has 0 aliphatic carbocycles. The third-order valence-corrected chi connectivity index (χ3v) is 7.80. The first kappa shape index (κ1) is 18.9. The SMILES string of the molecule is CC1=C(c2ccccc2)N(S(=O)(=O)c2ccc(C)cc2)[C@@H]2C[C@H]1c1ccccc1O2. The minimum absolute atomic E-state index is 0.125. The van der Waals surface area contributed by atoms with Gasteiger partial charge in [0, 0.05) is 17.9 Å². The average Bonchev–Trinajstić information content (AvgIpc) is 2.76. The van der Waals surface area contributed by atoms with Crippen LogP contribution in [0.15, 0.2) is 89.3 Å². The zero-order chi connectivity index (χ0) is 20.9. The Kier molecular flexibility index (Phi) is 4.44. The molecule has 2 bridgehead atoms. The third-order valence-electron chi connectivity index (χ3n) is 6.00. The molecule has 2 atom stereocenters. The molecule has 0 N–H and O–H groups in total. The van der Waals surface area contributed by atoms with Gasteiger partial charge in [0.05, 0.1) is 10.6 Å². The molecule has 3 aromatic carbocycles. The fraction of sp³-hybridized carbons (Fsp3) is 0.200. The Morgan fingerprint density at radius 3 is 2.27 bits per heavy atom. The molecule has 152 valence electrons. The van der Waals surface area contributed by atoms with Gasteiger partial charge >= 0.3 is 0 Å². The first-order valence-electron chi connectivity index (χ1n) is 10.1. The number of rotatable bonds is 3. The van der Waals surface area contributed by atoms with Crippen molar-refractivity contribution in [3.8, 4) is 5.75 Å². The van der Waals surface area contributed by atoms with Crippen molar-refractivity contribution in [1.29, 1.82) is 0 Å². The summed E-state index contributed by atoms with van der Waals surface area (Å²) in [5, 5.41) is 0. The van der Waals surface area contributed by atoms with E-state index in [9.17, 15) is 8.42 Å². The first-order valence-corrected chi connectivity index (χ1v) is 11.5. The van der Waals surface area contributed by atoms with E-state index in [1.54, 1.807) is 12.1 Å². The predicted octanol–water partition coefficient (Wildman–Crippen LogP) is 5.32. The molecular weight excluding hydrogens is 394 g/mol. The van der Waals surface area contributed by atoms with Crippen LogP contribution in [-0.2, 0) is 10.0 Å². The van der Waals surface area contributed by atoms with E-state index in [4.69, 9.17) is 4.74 Å². The number of benzene rings is 3. The number of ether oxygens (including phenoxy) is 1. The van der Waals surface area contributed by atoms with Crippen molar-refractivity contribution >= 4 is 15.7 Å². The molecule has 30 heavy (non-hydrogen) atoms. The lowest BCUT2D eigenvalue weighted by molar-refractivity contribution is 0.0828. The molecule has 2 heterocycles. The predicted molar refractivity (Wildman–Crippen MR) is 117 cm³/mol. The second-order valence-electron chi connectivity index (χ2n) is 7.91. The van der Waals surface area contributed by atoms with Crippen molar-refractivity contribution in [2.75, 3.05) is 0 Å². The number of hydrogen-bond donors (Lipinski definition) is 0. The van der Waals surface area contributed by atoms with E-state index in [1.807, 2.05) is 74.5 Å². The van der Waals surface area contributed by atoms with Gasteiger partial charge in [-0.05, 0) is 43.2 Å². The van der Waals surface area contributed by atoms with E-state index < -0.39 is 16.3 Å². The highest BCUT2D eigenvalue weighted by molar-refractivity contribution is 7.89. The van der Waals surface area contributed by atoms with Gasteiger partial charge in [-0.25, -0.2) is 12.7 Å². The number of sulfonamides is 1. The maximum atomic E-state index is 13.9. The molecule has 4 nitrogen and oxygen atoms in total. The minimum Gasteiger partial charge on any atom is -0.469 e. The van der Waals surface area contributed by atoms with Gasteiger partial charge in [-0.1, -0.05) is 66.2 Å². The Hall–Kier alpha value is -3.05. The summed E-state index contributed by atoms with van der Waals surface area (Å²) in [7, 11) is -3.81. The molecule has 2 aliphatic rings. The van der Waals surface area contributed by atoms with Crippen molar-refractivity contribution < 1.29 is 13.2 Å². The van der Waals surface area contributed by atoms with Gasteiger partial charge in [0.2, 0.25) is 0 Å². The average molecular weight is 418 g/mol. The van der Waals surface area contributed by atoms with Gasteiger partial charge in [-0.15, -0.1) is 0 Å². The van der Waals surface area contributed by atoms with Crippen LogP contribution < -0.4 is 4.74 Å². The van der Waals surface area contributed by atoms with Crippen molar-refractivity contribution in [2.24, 2.45) is 0 Å². The highest BCUT2D eigenvalue weighted by Crippen LogP contribution is 2.50. The highest BCUT2D eigenvalue weighted by Gasteiger charge is 2.45. The van der Waals surface area contributed by atoms with Crippen LogP contribution in [0, 0.1) is 6.92 Å². The number of para-hydroxylation sites is 1. The Balaban J connectivity index is 1.74. The van der Waals surface area contributed by atoms with Crippen LogP contribution >= 0.6 is 0 Å². The smallest absolute Gasteiger partial charge is 0.267 e. The summed E-state index contributed by atoms with van der Waals surface area (Å²) >= 11 is 0. The molecule has 5 rings (SSSR count). The summed E-state index contributed by atoms with van der Waals surface area (Å²) in [5.74, 6) is 0.883. The van der Waals surface area contributed by atoms with Gasteiger partial charge in [0.25, 0.3) is 10.0 Å². The summed E-state index contributed by atoms with van der Waals surface area (Å²) in [6.45, 7) is 3.99. The standard InChI is InChI=1S/C25H23NO3S/c1-17-12-14-20(15-13-17)30(27,28)26-24-16-22(21-10-6-7-11-23(21)29-24)18(2)25(26)19-8-4-3-5-9-19/h3-15,22,24H,16H2,1-2H3/t22-,24+/m1/s1. The van der Waals surface area contributed by atoms with Crippen LogP contribution in [0.2, 0.25) is 0 Å². The lowest BCUT2D eigenvalue weighted by Gasteiger charge is -2.45. The molecule has 0 saturated heterocycles. The van der Waals surface area contributed by atoms with Gasteiger partial charge in [0.15, 0.2) is 6.23 Å². The Labute approximate surface area is 177 Å². The molecular formula is C25H23NO3S.